The van der Waals surface area contributed by atoms with Gasteiger partial charge in [0.25, 0.3) is 0 Å². The molecule has 0 spiro atoms. The van der Waals surface area contributed by atoms with Gasteiger partial charge in [-0.2, -0.15) is 0 Å². The highest BCUT2D eigenvalue weighted by Gasteiger charge is 2.44. The summed E-state index contributed by atoms with van der Waals surface area (Å²) < 4.78 is 18.5. The van der Waals surface area contributed by atoms with Crippen LogP contribution in [-0.4, -0.2) is 44.1 Å². The van der Waals surface area contributed by atoms with Crippen LogP contribution < -0.4 is 0 Å². The molecule has 0 bridgehead atoms. The summed E-state index contributed by atoms with van der Waals surface area (Å²) in [6.45, 7) is 15.1. The van der Waals surface area contributed by atoms with Crippen LogP contribution in [0.4, 0.5) is 0 Å². The lowest BCUT2D eigenvalue weighted by molar-refractivity contribution is -0.150. The number of ether oxygens (including phenoxy) is 2. The average Bonchev–Trinajstić information content (AvgIpc) is 2.79. The molecule has 1 N–H and O–H groups in total. The Morgan fingerprint density at radius 1 is 0.912 bits per heavy atom. The van der Waals surface area contributed by atoms with E-state index in [1.807, 2.05) is 74.5 Å². The molecule has 2 aromatic rings. The van der Waals surface area contributed by atoms with Crippen LogP contribution in [0.25, 0.3) is 0 Å². The minimum Gasteiger partial charge on any atom is -0.404 e. The minimum absolute atomic E-state index is 0.0861. The third-order valence-electron chi connectivity index (χ3n) is 6.49. The van der Waals surface area contributed by atoms with Gasteiger partial charge in [-0.15, -0.1) is 0 Å². The summed E-state index contributed by atoms with van der Waals surface area (Å²) in [5.41, 5.74) is 1.99. The molecule has 0 unspecified atom stereocenters. The predicted octanol–water partition coefficient (Wildman–Crippen LogP) is 5.77. The van der Waals surface area contributed by atoms with Gasteiger partial charge < -0.3 is 19.0 Å². The van der Waals surface area contributed by atoms with Crippen LogP contribution in [0.2, 0.25) is 18.1 Å². The van der Waals surface area contributed by atoms with Crippen LogP contribution in [0.1, 0.15) is 45.7 Å². The van der Waals surface area contributed by atoms with Gasteiger partial charge in [-0.25, -0.2) is 0 Å². The molecule has 0 heterocycles. The molecule has 34 heavy (non-hydrogen) atoms. The number of carbonyl (C=O) groups is 1. The molecular formula is C28H42O5Si. The molecule has 0 aliphatic carbocycles. The SMILES string of the molecule is CC(C)[C@H](O)[C@@H](O[Si](C)(C)C(C)(C)C)C(=O)[C@H](COCc1ccccc1)OCc1ccccc1. The largest absolute Gasteiger partial charge is 0.404 e. The number of aliphatic hydroxyl groups is 1. The van der Waals surface area contributed by atoms with E-state index in [-0.39, 0.29) is 30.0 Å². The molecule has 0 aliphatic heterocycles. The first-order valence-corrected chi connectivity index (χ1v) is 15.0. The minimum atomic E-state index is -2.33. The van der Waals surface area contributed by atoms with Gasteiger partial charge in [-0.05, 0) is 35.2 Å². The number of hydrogen-bond donors (Lipinski definition) is 1. The number of ketones is 1. The van der Waals surface area contributed by atoms with Gasteiger partial charge in [0, 0.05) is 0 Å². The van der Waals surface area contributed by atoms with Gasteiger partial charge >= 0.3 is 0 Å². The summed E-state index contributed by atoms with van der Waals surface area (Å²) in [5, 5.41) is 10.9. The van der Waals surface area contributed by atoms with Crippen molar-refractivity contribution >= 4 is 14.1 Å². The molecule has 0 aromatic heterocycles. The maximum Gasteiger partial charge on any atom is 0.193 e. The van der Waals surface area contributed by atoms with Gasteiger partial charge in [-0.3, -0.25) is 4.79 Å². The van der Waals surface area contributed by atoms with E-state index in [0.717, 1.165) is 11.1 Å². The summed E-state index contributed by atoms with van der Waals surface area (Å²) in [4.78, 5) is 13.8. The van der Waals surface area contributed by atoms with Gasteiger partial charge in [0.05, 0.1) is 25.9 Å². The lowest BCUT2D eigenvalue weighted by Gasteiger charge is -2.41. The molecular weight excluding hydrogens is 444 g/mol. The van der Waals surface area contributed by atoms with E-state index in [1.54, 1.807) is 0 Å². The van der Waals surface area contributed by atoms with E-state index in [1.165, 1.54) is 0 Å². The van der Waals surface area contributed by atoms with Crippen molar-refractivity contribution in [3.05, 3.63) is 71.8 Å². The van der Waals surface area contributed by atoms with E-state index in [0.29, 0.717) is 6.61 Å². The van der Waals surface area contributed by atoms with Crippen LogP contribution >= 0.6 is 0 Å². The fourth-order valence-electron chi connectivity index (χ4n) is 3.16. The Hall–Kier alpha value is -1.83. The molecule has 5 nitrogen and oxygen atoms in total. The van der Waals surface area contributed by atoms with Crippen molar-refractivity contribution in [2.45, 2.75) is 84.3 Å². The van der Waals surface area contributed by atoms with Crippen molar-refractivity contribution < 1.29 is 23.8 Å². The highest BCUT2D eigenvalue weighted by molar-refractivity contribution is 6.74. The third kappa shape index (κ3) is 8.43. The number of hydrogen-bond acceptors (Lipinski definition) is 5. The summed E-state index contributed by atoms with van der Waals surface area (Å²) in [7, 11) is -2.33. The van der Waals surface area contributed by atoms with Crippen LogP contribution in [0.3, 0.4) is 0 Å². The standard InChI is InChI=1S/C28H42O5Si/c1-21(2)25(29)27(33-34(6,7)28(3,4)5)26(30)24(32-19-23-16-12-9-13-17-23)20-31-18-22-14-10-8-11-15-22/h8-17,21,24-25,27,29H,18-20H2,1-7H3/t24-,25-,27+/m0/s1. The first kappa shape index (κ1) is 28.4. The Balaban J connectivity index is 2.23. The monoisotopic (exact) mass is 486 g/mol. The Morgan fingerprint density at radius 3 is 1.88 bits per heavy atom. The second-order valence-electron chi connectivity index (χ2n) is 10.7. The van der Waals surface area contributed by atoms with Crippen molar-refractivity contribution in [3.63, 3.8) is 0 Å². The van der Waals surface area contributed by atoms with Gasteiger partial charge in [0.15, 0.2) is 14.1 Å². The highest BCUT2D eigenvalue weighted by atomic mass is 28.4. The Morgan fingerprint density at radius 2 is 1.41 bits per heavy atom. The van der Waals surface area contributed by atoms with E-state index < -0.39 is 26.6 Å². The maximum atomic E-state index is 13.8. The van der Waals surface area contributed by atoms with Crippen molar-refractivity contribution in [1.82, 2.24) is 0 Å². The average molecular weight is 487 g/mol. The second kappa shape index (κ2) is 12.7. The molecule has 0 saturated carbocycles. The molecule has 0 saturated heterocycles. The van der Waals surface area contributed by atoms with Crippen molar-refractivity contribution in [2.24, 2.45) is 5.92 Å². The molecule has 0 aliphatic rings. The van der Waals surface area contributed by atoms with Gasteiger partial charge in [0.2, 0.25) is 0 Å². The maximum absolute atomic E-state index is 13.8. The van der Waals surface area contributed by atoms with Crippen molar-refractivity contribution in [3.8, 4) is 0 Å². The first-order valence-electron chi connectivity index (χ1n) is 12.1. The second-order valence-corrected chi connectivity index (χ2v) is 15.5. The molecule has 0 amide bonds. The van der Waals surface area contributed by atoms with Crippen LogP contribution in [0.5, 0.6) is 0 Å². The first-order chi connectivity index (χ1) is 15.9. The Labute approximate surface area is 206 Å². The smallest absolute Gasteiger partial charge is 0.193 e. The van der Waals surface area contributed by atoms with E-state index >= 15 is 0 Å². The zero-order chi connectivity index (χ0) is 25.4. The molecule has 2 rings (SSSR count). The zero-order valence-corrected chi connectivity index (χ0v) is 22.8. The number of rotatable bonds is 13. The van der Waals surface area contributed by atoms with Gasteiger partial charge in [0.1, 0.15) is 12.2 Å². The van der Waals surface area contributed by atoms with Gasteiger partial charge in [-0.1, -0.05) is 95.3 Å². The molecule has 2 aromatic carbocycles. The topological polar surface area (TPSA) is 65.0 Å². The Bertz CT molecular complexity index is 861. The van der Waals surface area contributed by atoms with E-state index in [2.05, 4.69) is 33.9 Å². The Kier molecular flexibility index (Phi) is 10.7. The van der Waals surface area contributed by atoms with Crippen LogP contribution in [0.15, 0.2) is 60.7 Å². The molecule has 3 atom stereocenters. The summed E-state index contributed by atoms with van der Waals surface area (Å²) in [5.74, 6) is -0.409. The number of benzene rings is 2. The number of aliphatic hydroxyl groups excluding tert-OH is 1. The number of Topliss-reactive ketones (excluding diaryl/α,β-unsaturated/α-hetero) is 1. The van der Waals surface area contributed by atoms with Crippen molar-refractivity contribution in [2.75, 3.05) is 6.61 Å². The lowest BCUT2D eigenvalue weighted by Crippen LogP contribution is -2.54. The normalized spacial score (nSPS) is 15.2. The molecule has 6 heteroatoms. The fraction of sp³-hybridized carbons (Fsp3) is 0.536. The van der Waals surface area contributed by atoms with Crippen LogP contribution in [-0.2, 0) is 31.9 Å². The summed E-state index contributed by atoms with van der Waals surface area (Å²) in [6, 6.07) is 19.6. The number of carbonyl (C=O) groups excluding carboxylic acids is 1. The quantitative estimate of drug-likeness (QED) is 0.364. The lowest BCUT2D eigenvalue weighted by atomic mass is 9.96. The summed E-state index contributed by atoms with van der Waals surface area (Å²) >= 11 is 0. The third-order valence-corrected chi connectivity index (χ3v) is 10.9. The fourth-order valence-corrected chi connectivity index (χ4v) is 4.41. The zero-order valence-electron chi connectivity index (χ0n) is 21.8. The van der Waals surface area contributed by atoms with Crippen molar-refractivity contribution in [1.29, 1.82) is 0 Å². The molecule has 0 radical (unpaired) electrons. The highest BCUT2D eigenvalue weighted by Crippen LogP contribution is 2.38. The molecule has 0 fully saturated rings. The summed E-state index contributed by atoms with van der Waals surface area (Å²) in [6.07, 6.45) is -2.76. The predicted molar refractivity (Wildman–Crippen MR) is 139 cm³/mol. The van der Waals surface area contributed by atoms with E-state index in [4.69, 9.17) is 13.9 Å². The van der Waals surface area contributed by atoms with Crippen LogP contribution in [0, 0.1) is 5.92 Å². The molecule has 188 valence electrons. The van der Waals surface area contributed by atoms with E-state index in [9.17, 15) is 9.90 Å².